The Balaban J connectivity index is 2.32. The van der Waals surface area contributed by atoms with E-state index in [-0.39, 0.29) is 11.4 Å². The van der Waals surface area contributed by atoms with E-state index in [9.17, 15) is 15.3 Å². The first kappa shape index (κ1) is 12.9. The summed E-state index contributed by atoms with van der Waals surface area (Å²) in [6.07, 6.45) is 0. The first-order valence-corrected chi connectivity index (χ1v) is 6.29. The molecule has 0 saturated heterocycles. The second kappa shape index (κ2) is 4.47. The van der Waals surface area contributed by atoms with Gasteiger partial charge in [-0.2, -0.15) is 0 Å². The van der Waals surface area contributed by atoms with Gasteiger partial charge < -0.3 is 5.21 Å². The monoisotopic (exact) mass is 308 g/mol. The Morgan fingerprint density at radius 2 is 1.60 bits per heavy atom. The van der Waals surface area contributed by atoms with Gasteiger partial charge in [0.15, 0.2) is 0 Å². The van der Waals surface area contributed by atoms with Crippen LogP contribution in [-0.4, -0.2) is 15.8 Å². The maximum absolute atomic E-state index is 10.8. The highest BCUT2D eigenvalue weighted by atomic mass is 35.5. The van der Waals surface area contributed by atoms with Gasteiger partial charge in [0.1, 0.15) is 5.71 Å². The van der Waals surface area contributed by atoms with Gasteiger partial charge in [-0.15, -0.1) is 0 Å². The van der Waals surface area contributed by atoms with Gasteiger partial charge in [0.25, 0.3) is 5.69 Å². The Labute approximate surface area is 123 Å². The highest BCUT2D eigenvalue weighted by Gasteiger charge is 2.28. The minimum absolute atomic E-state index is 0.0742. The third kappa shape index (κ3) is 1.75. The molecule has 0 radical (unpaired) electrons. The molecule has 0 spiro atoms. The van der Waals surface area contributed by atoms with Gasteiger partial charge in [0.2, 0.25) is 0 Å². The summed E-state index contributed by atoms with van der Waals surface area (Å²) >= 11 is 12.0. The number of oxime groups is 1. The number of nitro groups is 1. The Morgan fingerprint density at radius 1 is 1.00 bits per heavy atom. The average Bonchev–Trinajstić information content (AvgIpc) is 2.71. The Kier molecular flexibility index (Phi) is 2.88. The topological polar surface area (TPSA) is 75.7 Å². The number of nitro benzene ring substituents is 1. The molecule has 1 N–H and O–H groups in total. The normalized spacial score (nSPS) is 14.2. The van der Waals surface area contributed by atoms with Crippen molar-refractivity contribution in [2.75, 3.05) is 0 Å². The van der Waals surface area contributed by atoms with E-state index in [4.69, 9.17) is 23.2 Å². The smallest absolute Gasteiger partial charge is 0.270 e. The molecule has 0 bridgehead atoms. The molecule has 100 valence electrons. The summed E-state index contributed by atoms with van der Waals surface area (Å²) in [5.74, 6) is 0. The third-order valence-electron chi connectivity index (χ3n) is 3.17. The first-order chi connectivity index (χ1) is 9.52. The number of rotatable bonds is 1. The van der Waals surface area contributed by atoms with Crippen LogP contribution in [0.3, 0.4) is 0 Å². The molecule has 0 saturated carbocycles. The predicted octanol–water partition coefficient (Wildman–Crippen LogP) is 4.11. The van der Waals surface area contributed by atoms with E-state index in [1.807, 2.05) is 0 Å². The molecular formula is C13H6Cl2N2O3. The largest absolute Gasteiger partial charge is 0.410 e. The molecule has 0 aromatic heterocycles. The summed E-state index contributed by atoms with van der Waals surface area (Å²) in [5.41, 5.74) is 2.70. The minimum Gasteiger partial charge on any atom is -0.410 e. The standard InChI is InChI=1S/C13H6Cl2N2O3/c14-11-4-8-7-2-1-6(17(19)20)3-9(7)13(16-18)10(8)5-12(11)15/h1-5,18H/b16-13+. The van der Waals surface area contributed by atoms with Crippen LogP contribution in [0, 0.1) is 10.1 Å². The zero-order valence-corrected chi connectivity index (χ0v) is 11.3. The number of hydrogen-bond acceptors (Lipinski definition) is 4. The van der Waals surface area contributed by atoms with E-state index < -0.39 is 4.92 Å². The third-order valence-corrected chi connectivity index (χ3v) is 3.90. The second-order valence-electron chi connectivity index (χ2n) is 4.25. The summed E-state index contributed by atoms with van der Waals surface area (Å²) in [6, 6.07) is 7.61. The van der Waals surface area contributed by atoms with Crippen LogP contribution in [0.4, 0.5) is 5.69 Å². The van der Waals surface area contributed by atoms with E-state index in [0.29, 0.717) is 21.2 Å². The van der Waals surface area contributed by atoms with Crippen LogP contribution < -0.4 is 0 Å². The first-order valence-electron chi connectivity index (χ1n) is 5.53. The zero-order chi connectivity index (χ0) is 14.4. The van der Waals surface area contributed by atoms with Crippen LogP contribution in [0.1, 0.15) is 11.1 Å². The van der Waals surface area contributed by atoms with Crippen LogP contribution in [0.2, 0.25) is 10.0 Å². The highest BCUT2D eigenvalue weighted by molar-refractivity contribution is 6.43. The second-order valence-corrected chi connectivity index (χ2v) is 5.06. The fourth-order valence-electron chi connectivity index (χ4n) is 2.29. The van der Waals surface area contributed by atoms with E-state index >= 15 is 0 Å². The van der Waals surface area contributed by atoms with Gasteiger partial charge in [-0.1, -0.05) is 28.4 Å². The maximum atomic E-state index is 10.8. The van der Waals surface area contributed by atoms with Crippen LogP contribution >= 0.6 is 23.2 Å². The number of fused-ring (bicyclic) bond motifs is 3. The number of non-ortho nitro benzene ring substituents is 1. The highest BCUT2D eigenvalue weighted by Crippen LogP contribution is 2.42. The predicted molar refractivity (Wildman–Crippen MR) is 76.0 cm³/mol. The minimum atomic E-state index is -0.502. The van der Waals surface area contributed by atoms with Crippen molar-refractivity contribution < 1.29 is 10.1 Å². The van der Waals surface area contributed by atoms with Crippen LogP contribution in [0.25, 0.3) is 11.1 Å². The van der Waals surface area contributed by atoms with Crippen LogP contribution in [0.5, 0.6) is 0 Å². The molecule has 1 aliphatic carbocycles. The Hall–Kier alpha value is -2.11. The van der Waals surface area contributed by atoms with Crippen LogP contribution in [0.15, 0.2) is 35.5 Å². The number of benzene rings is 2. The van der Waals surface area contributed by atoms with Crippen molar-refractivity contribution in [2.24, 2.45) is 5.16 Å². The van der Waals surface area contributed by atoms with Gasteiger partial charge in [0, 0.05) is 23.3 Å². The lowest BCUT2D eigenvalue weighted by Crippen LogP contribution is -1.99. The van der Waals surface area contributed by atoms with Crippen molar-refractivity contribution in [1.29, 1.82) is 0 Å². The summed E-state index contributed by atoms with van der Waals surface area (Å²) in [4.78, 5) is 10.3. The number of halogens is 2. The fourth-order valence-corrected chi connectivity index (χ4v) is 2.62. The number of nitrogens with zero attached hydrogens (tertiary/aromatic N) is 2. The Bertz CT molecular complexity index is 787. The van der Waals surface area contributed by atoms with Crippen LogP contribution in [-0.2, 0) is 0 Å². The molecule has 20 heavy (non-hydrogen) atoms. The van der Waals surface area contributed by atoms with Crippen molar-refractivity contribution in [2.45, 2.75) is 0 Å². The molecular weight excluding hydrogens is 303 g/mol. The van der Waals surface area contributed by atoms with Crippen molar-refractivity contribution >= 4 is 34.6 Å². The summed E-state index contributed by atoms with van der Waals surface area (Å²) < 4.78 is 0. The lowest BCUT2D eigenvalue weighted by Gasteiger charge is -2.02. The zero-order valence-electron chi connectivity index (χ0n) is 9.80. The van der Waals surface area contributed by atoms with Gasteiger partial charge in [0.05, 0.1) is 15.0 Å². The molecule has 0 atom stereocenters. The van der Waals surface area contributed by atoms with E-state index in [1.54, 1.807) is 18.2 Å². The summed E-state index contributed by atoms with van der Waals surface area (Å²) in [5, 5.41) is 24.0. The van der Waals surface area contributed by atoms with Crippen molar-refractivity contribution in [1.82, 2.24) is 0 Å². The van der Waals surface area contributed by atoms with E-state index in [2.05, 4.69) is 5.16 Å². The molecule has 3 rings (SSSR count). The van der Waals surface area contributed by atoms with Gasteiger partial charge in [-0.25, -0.2) is 0 Å². The molecule has 0 amide bonds. The molecule has 1 aliphatic rings. The summed E-state index contributed by atoms with van der Waals surface area (Å²) in [6.45, 7) is 0. The molecule has 2 aromatic rings. The lowest BCUT2D eigenvalue weighted by atomic mass is 10.1. The maximum Gasteiger partial charge on any atom is 0.270 e. The lowest BCUT2D eigenvalue weighted by molar-refractivity contribution is -0.384. The van der Waals surface area contributed by atoms with Crippen molar-refractivity contribution in [3.05, 3.63) is 61.6 Å². The fraction of sp³-hybridized carbons (Fsp3) is 0. The average molecular weight is 309 g/mol. The van der Waals surface area contributed by atoms with E-state index in [1.165, 1.54) is 12.1 Å². The molecule has 5 nitrogen and oxygen atoms in total. The van der Waals surface area contributed by atoms with Crippen molar-refractivity contribution in [3.8, 4) is 11.1 Å². The van der Waals surface area contributed by atoms with Gasteiger partial charge in [-0.05, 0) is 29.3 Å². The SMILES string of the molecule is O=[N+]([O-])c1ccc2c(c1)/C(=N\O)c1cc(Cl)c(Cl)cc1-2. The molecule has 7 heteroatoms. The summed E-state index contributed by atoms with van der Waals surface area (Å²) in [7, 11) is 0. The van der Waals surface area contributed by atoms with Gasteiger partial charge in [-0.3, -0.25) is 10.1 Å². The number of hydrogen-bond donors (Lipinski definition) is 1. The molecule has 0 fully saturated rings. The Morgan fingerprint density at radius 3 is 2.20 bits per heavy atom. The van der Waals surface area contributed by atoms with E-state index in [0.717, 1.165) is 11.1 Å². The molecule has 0 aliphatic heterocycles. The molecule has 0 unspecified atom stereocenters. The van der Waals surface area contributed by atoms with Gasteiger partial charge >= 0.3 is 0 Å². The molecule has 2 aromatic carbocycles. The quantitative estimate of drug-likeness (QED) is 0.417. The van der Waals surface area contributed by atoms with Crippen molar-refractivity contribution in [3.63, 3.8) is 0 Å². The molecule has 0 heterocycles.